The summed E-state index contributed by atoms with van der Waals surface area (Å²) in [6.07, 6.45) is 7.73. The van der Waals surface area contributed by atoms with Crippen LogP contribution in [-0.4, -0.2) is 23.2 Å². The number of rotatable bonds is 0. The number of para-hydroxylation sites is 2. The summed E-state index contributed by atoms with van der Waals surface area (Å²) in [7, 11) is 0. The van der Waals surface area contributed by atoms with Crippen molar-refractivity contribution in [3.8, 4) is 11.1 Å². The number of H-pyrrole nitrogens is 2. The summed E-state index contributed by atoms with van der Waals surface area (Å²) in [5, 5.41) is 8.93. The smallest absolute Gasteiger partial charge is 0.0717 e. The predicted molar refractivity (Wildman–Crippen MR) is 199 cm³/mol. The van der Waals surface area contributed by atoms with Gasteiger partial charge in [-0.05, 0) is 70.8 Å². The number of aromatic nitrogens is 5. The molecule has 8 aromatic heterocycles. The van der Waals surface area contributed by atoms with Gasteiger partial charge in [-0.15, -0.1) is 0 Å². The molecule has 5 heteroatoms. The highest BCUT2D eigenvalue weighted by atomic mass is 15.0. The number of hydrogen-bond donors (Lipinski definition) is 2. The number of pyridine rings is 3. The van der Waals surface area contributed by atoms with E-state index in [0.29, 0.717) is 0 Å². The van der Waals surface area contributed by atoms with E-state index in [4.69, 9.17) is 0 Å². The lowest BCUT2D eigenvalue weighted by atomic mass is 9.91. The van der Waals surface area contributed by atoms with Crippen molar-refractivity contribution in [2.24, 2.45) is 0 Å². The van der Waals surface area contributed by atoms with E-state index in [-0.39, 0.29) is 0 Å². The molecule has 0 saturated heterocycles. The normalized spacial score (nSPS) is 13.3. The Bertz CT molecular complexity index is 3320. The Kier molecular flexibility index (Phi) is 3.92. The average Bonchev–Trinajstić information content (AvgIpc) is 3.97. The zero-order valence-corrected chi connectivity index (χ0v) is 25.7. The maximum atomic E-state index is 3.87. The Labute approximate surface area is 271 Å². The van der Waals surface area contributed by atoms with E-state index in [9.17, 15) is 0 Å². The van der Waals surface area contributed by atoms with Crippen molar-refractivity contribution in [3.05, 3.63) is 139 Å². The van der Waals surface area contributed by atoms with E-state index in [1.165, 1.54) is 104 Å². The molecule has 0 radical (unpaired) electrons. The lowest BCUT2D eigenvalue weighted by Crippen LogP contribution is -2.02. The molecule has 2 N–H and O–H groups in total. The molecule has 222 valence electrons. The van der Waals surface area contributed by atoms with Crippen molar-refractivity contribution >= 4 is 92.9 Å². The minimum Gasteiger partial charge on any atom is -0.353 e. The molecule has 0 bridgehead atoms. The van der Waals surface area contributed by atoms with Gasteiger partial charge in [0.15, 0.2) is 0 Å². The molecule has 0 fully saturated rings. The van der Waals surface area contributed by atoms with Crippen LogP contribution in [0.1, 0.15) is 11.1 Å². The minimum atomic E-state index is 0.928. The van der Waals surface area contributed by atoms with E-state index >= 15 is 0 Å². The van der Waals surface area contributed by atoms with Crippen LogP contribution in [0, 0.1) is 0 Å². The largest absolute Gasteiger partial charge is 0.353 e. The Morgan fingerprint density at radius 2 is 0.938 bits per heavy atom. The zero-order chi connectivity index (χ0) is 30.8. The molecule has 4 aromatic carbocycles. The summed E-state index contributed by atoms with van der Waals surface area (Å²) in [5.74, 6) is 0. The fraction of sp³-hybridized carbons (Fsp3) is 0.0233. The Morgan fingerprint density at radius 1 is 0.438 bits per heavy atom. The van der Waals surface area contributed by atoms with E-state index in [1.807, 2.05) is 0 Å². The molecule has 0 spiro atoms. The predicted octanol–water partition coefficient (Wildman–Crippen LogP) is 10.7. The van der Waals surface area contributed by atoms with E-state index in [0.717, 1.165) is 17.5 Å². The standard InChI is InChI=1S/C43H25N5/c1-2-11-24-23(10-1)22-27-30-16-7-19-46(30)41-36(33(24)27)42-38(35-26-13-4-6-15-29(26)44-39(35)31-17-8-20-47(31)42)43-37(41)34-25-12-3-5-14-28(25)45-40(34)32-18-9-21-48(32)43/h1-21,44-45H,22H2. The van der Waals surface area contributed by atoms with Crippen LogP contribution in [0.4, 0.5) is 0 Å². The van der Waals surface area contributed by atoms with Gasteiger partial charge < -0.3 is 23.2 Å². The first kappa shape index (κ1) is 23.8. The first-order valence-corrected chi connectivity index (χ1v) is 16.7. The summed E-state index contributed by atoms with van der Waals surface area (Å²) in [6, 6.07) is 40.1. The van der Waals surface area contributed by atoms with E-state index < -0.39 is 0 Å². The van der Waals surface area contributed by atoms with E-state index in [1.54, 1.807) is 0 Å². The molecule has 5 nitrogen and oxygen atoms in total. The molecule has 8 heterocycles. The number of aromatic amines is 2. The van der Waals surface area contributed by atoms with Gasteiger partial charge in [-0.2, -0.15) is 0 Å². The number of benzene rings is 4. The van der Waals surface area contributed by atoms with Crippen molar-refractivity contribution in [2.75, 3.05) is 0 Å². The second kappa shape index (κ2) is 7.91. The second-order valence-electron chi connectivity index (χ2n) is 13.5. The third-order valence-corrected chi connectivity index (χ3v) is 11.3. The number of fused-ring (bicyclic) bond motifs is 27. The van der Waals surface area contributed by atoms with Crippen molar-refractivity contribution in [1.82, 2.24) is 23.2 Å². The van der Waals surface area contributed by atoms with Crippen LogP contribution in [0.2, 0.25) is 0 Å². The fourth-order valence-electron chi connectivity index (χ4n) is 9.58. The molecule has 1 aliphatic carbocycles. The molecule has 13 rings (SSSR count). The monoisotopic (exact) mass is 611 g/mol. The van der Waals surface area contributed by atoms with Gasteiger partial charge in [0, 0.05) is 79.3 Å². The Morgan fingerprint density at radius 3 is 1.56 bits per heavy atom. The van der Waals surface area contributed by atoms with Gasteiger partial charge in [0.1, 0.15) is 0 Å². The highest BCUT2D eigenvalue weighted by Gasteiger charge is 2.31. The maximum Gasteiger partial charge on any atom is 0.0717 e. The summed E-state index contributed by atoms with van der Waals surface area (Å²) in [5.41, 5.74) is 17.6. The molecule has 0 amide bonds. The fourth-order valence-corrected chi connectivity index (χ4v) is 9.58. The molecule has 48 heavy (non-hydrogen) atoms. The first-order valence-electron chi connectivity index (χ1n) is 16.7. The first-order chi connectivity index (χ1) is 23.8. The molecular weight excluding hydrogens is 587 g/mol. The van der Waals surface area contributed by atoms with Gasteiger partial charge in [-0.25, -0.2) is 0 Å². The van der Waals surface area contributed by atoms with E-state index in [2.05, 4.69) is 151 Å². The van der Waals surface area contributed by atoms with Crippen LogP contribution in [0.5, 0.6) is 0 Å². The molecular formula is C43H25N5. The third kappa shape index (κ3) is 2.52. The quantitative estimate of drug-likeness (QED) is 0.160. The Hall–Kier alpha value is -6.46. The van der Waals surface area contributed by atoms with Crippen molar-refractivity contribution < 1.29 is 0 Å². The zero-order valence-electron chi connectivity index (χ0n) is 25.7. The minimum absolute atomic E-state index is 0.928. The van der Waals surface area contributed by atoms with Crippen LogP contribution < -0.4 is 0 Å². The SMILES string of the molecule is c1ccc2c(c1)Cc1c-2c2c(c3c4c5ccccc5[nH]c4c4cccn4c3c3c4c5ccccc5[nH]c4c4cccn4c23)n2cccc12. The van der Waals surface area contributed by atoms with Crippen LogP contribution in [0.15, 0.2) is 128 Å². The van der Waals surface area contributed by atoms with Crippen molar-refractivity contribution in [1.29, 1.82) is 0 Å². The van der Waals surface area contributed by atoms with Crippen LogP contribution in [0.25, 0.3) is 104 Å². The van der Waals surface area contributed by atoms with Gasteiger partial charge in [-0.3, -0.25) is 0 Å². The van der Waals surface area contributed by atoms with Crippen molar-refractivity contribution in [2.45, 2.75) is 6.42 Å². The number of nitrogens with zero attached hydrogens (tertiary/aromatic N) is 3. The molecule has 0 atom stereocenters. The van der Waals surface area contributed by atoms with Gasteiger partial charge in [0.05, 0.1) is 38.6 Å². The maximum absolute atomic E-state index is 3.87. The van der Waals surface area contributed by atoms with Crippen LogP contribution in [-0.2, 0) is 6.42 Å². The third-order valence-electron chi connectivity index (χ3n) is 11.3. The lowest BCUT2D eigenvalue weighted by Gasteiger charge is -2.21. The Balaban J connectivity index is 1.52. The van der Waals surface area contributed by atoms with Gasteiger partial charge in [0.2, 0.25) is 0 Å². The number of hydrogen-bond acceptors (Lipinski definition) is 0. The number of nitrogens with one attached hydrogen (secondary N) is 2. The van der Waals surface area contributed by atoms with Gasteiger partial charge in [-0.1, -0.05) is 60.7 Å². The highest BCUT2D eigenvalue weighted by Crippen LogP contribution is 2.52. The molecule has 12 aromatic rings. The van der Waals surface area contributed by atoms with Gasteiger partial charge in [0.25, 0.3) is 0 Å². The molecule has 0 aliphatic heterocycles. The summed E-state index contributed by atoms with van der Waals surface area (Å²) in [6.45, 7) is 0. The van der Waals surface area contributed by atoms with Crippen molar-refractivity contribution in [3.63, 3.8) is 0 Å². The second-order valence-corrected chi connectivity index (χ2v) is 13.5. The highest BCUT2D eigenvalue weighted by molar-refractivity contribution is 6.42. The molecule has 1 aliphatic rings. The lowest BCUT2D eigenvalue weighted by molar-refractivity contribution is 1.21. The summed E-state index contributed by atoms with van der Waals surface area (Å²) >= 11 is 0. The summed E-state index contributed by atoms with van der Waals surface area (Å²) < 4.78 is 7.40. The van der Waals surface area contributed by atoms with Crippen LogP contribution >= 0.6 is 0 Å². The van der Waals surface area contributed by atoms with Crippen LogP contribution in [0.3, 0.4) is 0 Å². The summed E-state index contributed by atoms with van der Waals surface area (Å²) in [4.78, 5) is 7.74. The topological polar surface area (TPSA) is 44.8 Å². The molecule has 0 unspecified atom stereocenters. The van der Waals surface area contributed by atoms with Gasteiger partial charge >= 0.3 is 0 Å². The average molecular weight is 612 g/mol. The molecule has 0 saturated carbocycles.